The molecule has 210 valence electrons. The van der Waals surface area contributed by atoms with Gasteiger partial charge in [0.1, 0.15) is 0 Å². The predicted octanol–water partition coefficient (Wildman–Crippen LogP) is 5.98. The number of ether oxygens (including phenoxy) is 1. The topological polar surface area (TPSA) is 126 Å². The molecular formula is C28H23F2N5O4S2. The highest BCUT2D eigenvalue weighted by atomic mass is 32.2. The maximum atomic E-state index is 14.0. The van der Waals surface area contributed by atoms with Crippen LogP contribution in [0.15, 0.2) is 78.2 Å². The van der Waals surface area contributed by atoms with Gasteiger partial charge in [-0.15, -0.1) is 0 Å². The Morgan fingerprint density at radius 1 is 1.02 bits per heavy atom. The van der Waals surface area contributed by atoms with E-state index in [9.17, 15) is 22.3 Å². The number of para-hydroxylation sites is 1. The number of anilines is 2. The molecule has 0 unspecified atom stereocenters. The van der Waals surface area contributed by atoms with Crippen molar-refractivity contribution in [3.05, 3.63) is 95.9 Å². The molecule has 13 heteroatoms. The summed E-state index contributed by atoms with van der Waals surface area (Å²) < 4.78 is 61.8. The highest BCUT2D eigenvalue weighted by molar-refractivity contribution is 7.92. The molecule has 0 bridgehead atoms. The standard InChI is InChI=1S/C28H23F2N5O4S2/c1-16-11-20(32-14-18-5-3-7-23(39-2)25(18)36)15-33-27(16)41(37,38)35-28-34-24(17-8-9-21(29)22(30)12-17)26(40-28)19-6-4-10-31-13-19/h3-13,15,32,36H,14H2,1-2H3,(H,34,35). The molecule has 3 N–H and O–H groups in total. The normalized spacial score (nSPS) is 11.3. The van der Waals surface area contributed by atoms with Gasteiger partial charge in [0, 0.05) is 35.6 Å². The zero-order valence-electron chi connectivity index (χ0n) is 21.7. The van der Waals surface area contributed by atoms with Gasteiger partial charge >= 0.3 is 0 Å². The lowest BCUT2D eigenvalue weighted by molar-refractivity contribution is 0.371. The van der Waals surface area contributed by atoms with Crippen LogP contribution >= 0.6 is 11.3 Å². The number of sulfonamides is 1. The van der Waals surface area contributed by atoms with Crippen LogP contribution in [0.4, 0.5) is 19.6 Å². The number of thiazole rings is 1. The zero-order valence-corrected chi connectivity index (χ0v) is 23.4. The van der Waals surface area contributed by atoms with E-state index in [1.807, 2.05) is 0 Å². The zero-order chi connectivity index (χ0) is 29.1. The molecule has 0 aliphatic heterocycles. The van der Waals surface area contributed by atoms with Crippen LogP contribution in [0.1, 0.15) is 11.1 Å². The minimum absolute atomic E-state index is 0.00688. The number of phenols is 1. The van der Waals surface area contributed by atoms with Crippen molar-refractivity contribution in [1.29, 1.82) is 0 Å². The van der Waals surface area contributed by atoms with Gasteiger partial charge in [0.25, 0.3) is 10.0 Å². The third-order valence-electron chi connectivity index (χ3n) is 6.04. The van der Waals surface area contributed by atoms with Gasteiger partial charge in [0.2, 0.25) is 0 Å². The van der Waals surface area contributed by atoms with Gasteiger partial charge in [-0.25, -0.2) is 18.7 Å². The summed E-state index contributed by atoms with van der Waals surface area (Å²) >= 11 is 1.03. The van der Waals surface area contributed by atoms with Crippen molar-refractivity contribution in [3.63, 3.8) is 0 Å². The Bertz CT molecular complexity index is 1830. The molecule has 0 aliphatic rings. The fourth-order valence-corrected chi connectivity index (χ4v) is 6.44. The molecule has 3 aromatic heterocycles. The van der Waals surface area contributed by atoms with Crippen molar-refractivity contribution >= 4 is 32.2 Å². The van der Waals surface area contributed by atoms with Gasteiger partial charge in [-0.3, -0.25) is 9.71 Å². The quantitative estimate of drug-likeness (QED) is 0.190. The summed E-state index contributed by atoms with van der Waals surface area (Å²) in [6.07, 6.45) is 4.52. The number of hydrogen-bond donors (Lipinski definition) is 3. The number of rotatable bonds is 9. The van der Waals surface area contributed by atoms with Crippen molar-refractivity contribution in [2.24, 2.45) is 0 Å². The van der Waals surface area contributed by atoms with Crippen molar-refractivity contribution in [2.75, 3.05) is 17.1 Å². The SMILES string of the molecule is COc1cccc(CNc2cnc(S(=O)(=O)Nc3nc(-c4ccc(F)c(F)c4)c(-c4cccnc4)s3)c(C)c2)c1O. The third-order valence-corrected chi connectivity index (χ3v) is 8.58. The first kappa shape index (κ1) is 27.9. The molecule has 0 spiro atoms. The molecule has 5 rings (SSSR count). The lowest BCUT2D eigenvalue weighted by Crippen LogP contribution is -2.16. The smallest absolute Gasteiger partial charge is 0.281 e. The second-order valence-electron chi connectivity index (χ2n) is 8.84. The Balaban J connectivity index is 1.41. The number of nitrogens with zero attached hydrogens (tertiary/aromatic N) is 3. The maximum absolute atomic E-state index is 14.0. The van der Waals surface area contributed by atoms with Crippen LogP contribution in [-0.4, -0.2) is 35.6 Å². The Morgan fingerprint density at radius 2 is 1.85 bits per heavy atom. The van der Waals surface area contributed by atoms with Crippen LogP contribution < -0.4 is 14.8 Å². The van der Waals surface area contributed by atoms with Gasteiger partial charge in [0.05, 0.1) is 29.6 Å². The number of hydrogen-bond acceptors (Lipinski definition) is 9. The van der Waals surface area contributed by atoms with E-state index in [4.69, 9.17) is 4.74 Å². The lowest BCUT2D eigenvalue weighted by Gasteiger charge is -2.12. The number of aromatic hydroxyl groups is 1. The van der Waals surface area contributed by atoms with E-state index in [-0.39, 0.29) is 33.7 Å². The molecule has 9 nitrogen and oxygen atoms in total. The largest absolute Gasteiger partial charge is 0.504 e. The van der Waals surface area contributed by atoms with Gasteiger partial charge in [-0.2, -0.15) is 8.42 Å². The van der Waals surface area contributed by atoms with E-state index < -0.39 is 21.7 Å². The molecule has 0 amide bonds. The molecule has 3 heterocycles. The van der Waals surface area contributed by atoms with Crippen LogP contribution in [0.2, 0.25) is 0 Å². The molecule has 41 heavy (non-hydrogen) atoms. The Labute approximate surface area is 238 Å². The van der Waals surface area contributed by atoms with E-state index in [0.717, 1.165) is 23.5 Å². The molecule has 0 saturated carbocycles. The van der Waals surface area contributed by atoms with Crippen molar-refractivity contribution in [1.82, 2.24) is 15.0 Å². The maximum Gasteiger partial charge on any atom is 0.281 e. The molecular weight excluding hydrogens is 572 g/mol. The van der Waals surface area contributed by atoms with E-state index in [1.54, 1.807) is 55.7 Å². The fraction of sp³-hybridized carbons (Fsp3) is 0.107. The van der Waals surface area contributed by atoms with Crippen LogP contribution in [-0.2, 0) is 16.6 Å². The van der Waals surface area contributed by atoms with E-state index in [0.29, 0.717) is 33.0 Å². The number of halogens is 2. The summed E-state index contributed by atoms with van der Waals surface area (Å²) in [5.74, 6) is -1.71. The number of nitrogens with one attached hydrogen (secondary N) is 2. The van der Waals surface area contributed by atoms with Gasteiger partial charge in [-0.1, -0.05) is 29.5 Å². The average Bonchev–Trinajstić information content (AvgIpc) is 3.37. The molecule has 0 radical (unpaired) electrons. The molecule has 0 aliphatic carbocycles. The minimum Gasteiger partial charge on any atom is -0.504 e. The first-order valence-electron chi connectivity index (χ1n) is 12.1. The van der Waals surface area contributed by atoms with Gasteiger partial charge < -0.3 is 15.2 Å². The summed E-state index contributed by atoms with van der Waals surface area (Å²) in [5, 5.41) is 13.2. The van der Waals surface area contributed by atoms with Gasteiger partial charge in [-0.05, 0) is 48.9 Å². The van der Waals surface area contributed by atoms with E-state index in [1.165, 1.54) is 19.4 Å². The summed E-state index contributed by atoms with van der Waals surface area (Å²) in [5.41, 5.74) is 2.66. The minimum atomic E-state index is -4.17. The van der Waals surface area contributed by atoms with Crippen molar-refractivity contribution < 1.29 is 27.0 Å². The van der Waals surface area contributed by atoms with Crippen LogP contribution in [0.3, 0.4) is 0 Å². The van der Waals surface area contributed by atoms with Crippen molar-refractivity contribution in [2.45, 2.75) is 18.5 Å². The monoisotopic (exact) mass is 595 g/mol. The van der Waals surface area contributed by atoms with E-state index >= 15 is 0 Å². The molecule has 0 fully saturated rings. The molecule has 0 saturated heterocycles. The number of pyridine rings is 2. The highest BCUT2D eigenvalue weighted by Crippen LogP contribution is 2.40. The number of benzene rings is 2. The number of aryl methyl sites for hydroxylation is 1. The fourth-order valence-electron chi connectivity index (χ4n) is 4.07. The predicted molar refractivity (Wildman–Crippen MR) is 152 cm³/mol. The Hall–Kier alpha value is -4.62. The van der Waals surface area contributed by atoms with Crippen LogP contribution in [0.25, 0.3) is 21.7 Å². The molecule has 5 aromatic rings. The summed E-state index contributed by atoms with van der Waals surface area (Å²) in [4.78, 5) is 13.2. The van der Waals surface area contributed by atoms with Crippen LogP contribution in [0, 0.1) is 18.6 Å². The van der Waals surface area contributed by atoms with Gasteiger partial charge in [0.15, 0.2) is 33.3 Å². The third kappa shape index (κ3) is 5.95. The van der Waals surface area contributed by atoms with Crippen LogP contribution in [0.5, 0.6) is 11.5 Å². The van der Waals surface area contributed by atoms with E-state index in [2.05, 4.69) is 25.0 Å². The lowest BCUT2D eigenvalue weighted by atomic mass is 10.1. The average molecular weight is 596 g/mol. The Morgan fingerprint density at radius 3 is 2.56 bits per heavy atom. The number of aromatic nitrogens is 3. The first-order valence-corrected chi connectivity index (χ1v) is 14.4. The molecule has 2 aromatic carbocycles. The Kier molecular flexibility index (Phi) is 7.81. The second-order valence-corrected chi connectivity index (χ2v) is 11.4. The second kappa shape index (κ2) is 11.5. The number of methoxy groups -OCH3 is 1. The summed E-state index contributed by atoms with van der Waals surface area (Å²) in [6.45, 7) is 1.85. The number of phenolic OH excluding ortho intramolecular Hbond substituents is 1. The molecule has 0 atom stereocenters. The summed E-state index contributed by atoms with van der Waals surface area (Å²) in [6, 6.07) is 13.6. The highest BCUT2D eigenvalue weighted by Gasteiger charge is 2.24. The van der Waals surface area contributed by atoms with Crippen molar-refractivity contribution in [3.8, 4) is 33.2 Å². The summed E-state index contributed by atoms with van der Waals surface area (Å²) in [7, 11) is -2.71. The first-order chi connectivity index (χ1) is 19.7.